The maximum atomic E-state index is 13.2. The van der Waals surface area contributed by atoms with Crippen molar-refractivity contribution in [2.75, 3.05) is 6.54 Å². The van der Waals surface area contributed by atoms with Gasteiger partial charge in [-0.2, -0.15) is 0 Å². The van der Waals surface area contributed by atoms with Crippen LogP contribution in [-0.4, -0.2) is 23.5 Å². The fraction of sp³-hybridized carbons (Fsp3) is 0.300. The second kappa shape index (κ2) is 7.92. The molecule has 0 bridgehead atoms. The Morgan fingerprint density at radius 3 is 2.44 bits per heavy atom. The van der Waals surface area contributed by atoms with E-state index in [4.69, 9.17) is 0 Å². The van der Waals surface area contributed by atoms with E-state index < -0.39 is 17.3 Å². The molecule has 2 rings (SSSR count). The molecule has 0 radical (unpaired) electrons. The third-order valence-electron chi connectivity index (χ3n) is 4.38. The van der Waals surface area contributed by atoms with Gasteiger partial charge in [0.1, 0.15) is 11.2 Å². The average molecular weight is 343 g/mol. The first-order valence-electron chi connectivity index (χ1n) is 8.14. The number of carbonyl (C=O) groups excluding carboxylic acids is 1. The minimum absolute atomic E-state index is 0.0152. The Kier molecular flexibility index (Phi) is 5.91. The van der Waals surface area contributed by atoms with Gasteiger partial charge in [0, 0.05) is 12.5 Å². The molecule has 5 heteroatoms. The number of hydrogen-bond donors (Lipinski definition) is 2. The second-order valence-corrected chi connectivity index (χ2v) is 6.46. The van der Waals surface area contributed by atoms with Crippen molar-refractivity contribution in [1.29, 1.82) is 0 Å². The number of hydrogen-bond acceptors (Lipinski definition) is 2. The van der Waals surface area contributed by atoms with Gasteiger partial charge in [0.2, 0.25) is 5.91 Å². The van der Waals surface area contributed by atoms with Gasteiger partial charge in [-0.25, -0.2) is 4.39 Å². The zero-order chi connectivity index (χ0) is 18.4. The molecule has 2 N–H and O–H groups in total. The number of benzene rings is 2. The summed E-state index contributed by atoms with van der Waals surface area (Å²) in [4.78, 5) is 24.1. The first kappa shape index (κ1) is 18.6. The minimum Gasteiger partial charge on any atom is -0.481 e. The summed E-state index contributed by atoms with van der Waals surface area (Å²) in [6.07, 6.45) is 0.388. The van der Waals surface area contributed by atoms with Gasteiger partial charge in [0.05, 0.1) is 0 Å². The van der Waals surface area contributed by atoms with Crippen LogP contribution in [-0.2, 0) is 21.4 Å². The van der Waals surface area contributed by atoms with Crippen LogP contribution in [0.5, 0.6) is 0 Å². The van der Waals surface area contributed by atoms with E-state index in [-0.39, 0.29) is 18.3 Å². The zero-order valence-electron chi connectivity index (χ0n) is 14.3. The highest BCUT2D eigenvalue weighted by atomic mass is 19.1. The zero-order valence-corrected chi connectivity index (χ0v) is 14.3. The van der Waals surface area contributed by atoms with Crippen molar-refractivity contribution in [2.45, 2.75) is 25.7 Å². The van der Waals surface area contributed by atoms with Gasteiger partial charge >= 0.3 is 5.97 Å². The van der Waals surface area contributed by atoms with Crippen molar-refractivity contribution in [3.05, 3.63) is 71.5 Å². The number of carboxylic acids is 1. The van der Waals surface area contributed by atoms with Gasteiger partial charge in [-0.15, -0.1) is 0 Å². The molecule has 2 aromatic rings. The lowest BCUT2D eigenvalue weighted by molar-refractivity contribution is -0.143. The molecule has 1 amide bonds. The first-order valence-corrected chi connectivity index (χ1v) is 8.14. The highest BCUT2D eigenvalue weighted by molar-refractivity contribution is 5.84. The topological polar surface area (TPSA) is 66.4 Å². The van der Waals surface area contributed by atoms with Crippen LogP contribution < -0.4 is 5.32 Å². The Balaban J connectivity index is 2.02. The molecular formula is C20H22FNO3. The van der Waals surface area contributed by atoms with Crippen molar-refractivity contribution >= 4 is 11.9 Å². The van der Waals surface area contributed by atoms with Crippen LogP contribution in [0.25, 0.3) is 0 Å². The van der Waals surface area contributed by atoms with E-state index in [0.29, 0.717) is 12.0 Å². The number of halogens is 1. The molecule has 0 aliphatic rings. The molecule has 0 fully saturated rings. The smallest absolute Gasteiger partial charge is 0.315 e. The standard InChI is InChI=1S/C20H22FNO3/c1-14(11-15-7-6-10-17(21)12-15)18(23)22-13-20(2,19(24)25)16-8-4-3-5-9-16/h3-10,12,14H,11,13H2,1-2H3,(H,22,23)(H,24,25). The van der Waals surface area contributed by atoms with Crippen molar-refractivity contribution in [1.82, 2.24) is 5.32 Å². The number of nitrogens with one attached hydrogen (secondary N) is 1. The van der Waals surface area contributed by atoms with Crippen LogP contribution in [0.15, 0.2) is 54.6 Å². The Hall–Kier alpha value is -2.69. The molecule has 0 heterocycles. The van der Waals surface area contributed by atoms with Crippen molar-refractivity contribution in [2.24, 2.45) is 5.92 Å². The molecule has 2 atom stereocenters. The van der Waals surface area contributed by atoms with Crippen molar-refractivity contribution in [3.8, 4) is 0 Å². The lowest BCUT2D eigenvalue weighted by Gasteiger charge is -2.26. The molecule has 2 aromatic carbocycles. The molecule has 0 saturated carbocycles. The Morgan fingerprint density at radius 1 is 1.16 bits per heavy atom. The molecule has 2 unspecified atom stereocenters. The van der Waals surface area contributed by atoms with Crippen molar-refractivity contribution in [3.63, 3.8) is 0 Å². The highest BCUT2D eigenvalue weighted by Crippen LogP contribution is 2.23. The Bertz CT molecular complexity index is 748. The van der Waals surface area contributed by atoms with Crippen LogP contribution in [0.4, 0.5) is 4.39 Å². The van der Waals surface area contributed by atoms with Gasteiger partial charge in [-0.05, 0) is 36.6 Å². The van der Waals surface area contributed by atoms with E-state index in [0.717, 1.165) is 5.56 Å². The molecule has 0 spiro atoms. The molecule has 25 heavy (non-hydrogen) atoms. The molecule has 0 aliphatic heterocycles. The summed E-state index contributed by atoms with van der Waals surface area (Å²) < 4.78 is 13.2. The van der Waals surface area contributed by atoms with Crippen molar-refractivity contribution < 1.29 is 19.1 Å². The van der Waals surface area contributed by atoms with Crippen LogP contribution in [0.3, 0.4) is 0 Å². The molecule has 0 aromatic heterocycles. The molecular weight excluding hydrogens is 321 g/mol. The van der Waals surface area contributed by atoms with E-state index in [9.17, 15) is 19.1 Å². The summed E-state index contributed by atoms with van der Waals surface area (Å²) >= 11 is 0. The summed E-state index contributed by atoms with van der Waals surface area (Å²) in [5, 5.41) is 12.3. The third kappa shape index (κ3) is 4.66. The SMILES string of the molecule is CC(Cc1cccc(F)c1)C(=O)NCC(C)(C(=O)O)c1ccccc1. The number of carbonyl (C=O) groups is 2. The maximum absolute atomic E-state index is 13.2. The number of amides is 1. The summed E-state index contributed by atoms with van der Waals surface area (Å²) in [6.45, 7) is 3.31. The first-order chi connectivity index (χ1) is 11.8. The average Bonchev–Trinajstić information content (AvgIpc) is 2.59. The van der Waals surface area contributed by atoms with Crippen LogP contribution in [0, 0.1) is 11.7 Å². The molecule has 4 nitrogen and oxygen atoms in total. The molecule has 132 valence electrons. The summed E-state index contributed by atoms with van der Waals surface area (Å²) in [5.74, 6) is -1.99. The number of aliphatic carboxylic acids is 1. The van der Waals surface area contributed by atoms with Crippen LogP contribution in [0.1, 0.15) is 25.0 Å². The fourth-order valence-corrected chi connectivity index (χ4v) is 2.66. The van der Waals surface area contributed by atoms with Gasteiger partial charge in [-0.1, -0.05) is 49.4 Å². The predicted molar refractivity (Wildman–Crippen MR) is 93.7 cm³/mol. The second-order valence-electron chi connectivity index (χ2n) is 6.46. The largest absolute Gasteiger partial charge is 0.481 e. The molecule has 0 saturated heterocycles. The van der Waals surface area contributed by atoms with E-state index in [1.54, 1.807) is 50.2 Å². The van der Waals surface area contributed by atoms with E-state index >= 15 is 0 Å². The van der Waals surface area contributed by atoms with Gasteiger partial charge in [0.25, 0.3) is 0 Å². The fourth-order valence-electron chi connectivity index (χ4n) is 2.66. The van der Waals surface area contributed by atoms with E-state index in [1.807, 2.05) is 6.07 Å². The normalized spacial score (nSPS) is 14.4. The Labute approximate surface area is 146 Å². The van der Waals surface area contributed by atoms with E-state index in [1.165, 1.54) is 12.1 Å². The minimum atomic E-state index is -1.21. The third-order valence-corrected chi connectivity index (χ3v) is 4.38. The Morgan fingerprint density at radius 2 is 1.84 bits per heavy atom. The summed E-state index contributed by atoms with van der Waals surface area (Å²) in [7, 11) is 0. The van der Waals surface area contributed by atoms with Gasteiger partial charge in [-0.3, -0.25) is 9.59 Å². The predicted octanol–water partition coefficient (Wildman–Crippen LogP) is 3.16. The molecule has 0 aliphatic carbocycles. The number of rotatable bonds is 7. The maximum Gasteiger partial charge on any atom is 0.315 e. The lowest BCUT2D eigenvalue weighted by atomic mass is 9.82. The number of carboxylic acid groups (broad SMARTS) is 1. The summed E-state index contributed by atoms with van der Waals surface area (Å²) in [6, 6.07) is 14.9. The summed E-state index contributed by atoms with van der Waals surface area (Å²) in [5.41, 5.74) is 0.141. The van der Waals surface area contributed by atoms with Crippen LogP contribution >= 0.6 is 0 Å². The van der Waals surface area contributed by atoms with Gasteiger partial charge in [0.15, 0.2) is 0 Å². The highest BCUT2D eigenvalue weighted by Gasteiger charge is 2.35. The quantitative estimate of drug-likeness (QED) is 0.811. The van der Waals surface area contributed by atoms with Gasteiger partial charge < -0.3 is 10.4 Å². The lowest BCUT2D eigenvalue weighted by Crippen LogP contribution is -2.45. The van der Waals surface area contributed by atoms with E-state index in [2.05, 4.69) is 5.32 Å². The van der Waals surface area contributed by atoms with Crippen LogP contribution in [0.2, 0.25) is 0 Å². The monoisotopic (exact) mass is 343 g/mol.